The molecule has 0 N–H and O–H groups in total. The number of ether oxygens (including phenoxy) is 1. The summed E-state index contributed by atoms with van der Waals surface area (Å²) in [5.74, 6) is -0.465. The van der Waals surface area contributed by atoms with Gasteiger partial charge in [0.05, 0.1) is 12.3 Å². The first-order valence-corrected chi connectivity index (χ1v) is 7.83. The molecule has 5 heteroatoms. The van der Waals surface area contributed by atoms with Crippen LogP contribution < -0.4 is 0 Å². The number of benzene rings is 2. The molecule has 0 radical (unpaired) electrons. The zero-order chi connectivity index (χ0) is 16.0. The lowest BCUT2D eigenvalue weighted by Gasteiger charge is -2.21. The van der Waals surface area contributed by atoms with E-state index in [1.54, 1.807) is 18.7 Å². The Labute approximate surface area is 139 Å². The molecule has 0 aliphatic carbocycles. The van der Waals surface area contributed by atoms with E-state index in [4.69, 9.17) is 4.74 Å². The number of hydrogen-bond acceptors (Lipinski definition) is 5. The lowest BCUT2D eigenvalue weighted by Crippen LogP contribution is -2.31. The van der Waals surface area contributed by atoms with E-state index in [1.165, 1.54) is 7.11 Å². The van der Waals surface area contributed by atoms with E-state index in [1.807, 2.05) is 54.6 Å². The van der Waals surface area contributed by atoms with Crippen LogP contribution in [0.15, 0.2) is 69.4 Å². The average Bonchev–Trinajstić information content (AvgIpc) is 2.55. The van der Waals surface area contributed by atoms with Crippen LogP contribution in [0.2, 0.25) is 0 Å². The fraction of sp³-hybridized carbons (Fsp3) is 0.176. The quantitative estimate of drug-likeness (QED) is 0.465. The van der Waals surface area contributed by atoms with Crippen molar-refractivity contribution in [2.75, 3.05) is 7.11 Å². The second-order valence-corrected chi connectivity index (χ2v) is 6.04. The summed E-state index contributed by atoms with van der Waals surface area (Å²) in [5.41, 5.74) is -0.444. The number of rotatable bonds is 5. The van der Waals surface area contributed by atoms with E-state index in [0.29, 0.717) is 5.56 Å². The van der Waals surface area contributed by atoms with E-state index in [2.05, 4.69) is 22.4 Å². The number of carbonyl (C=O) groups excluding carboxylic acids is 1. The first-order chi connectivity index (χ1) is 10.6. The molecule has 0 aromatic heterocycles. The molecule has 0 saturated carbocycles. The summed E-state index contributed by atoms with van der Waals surface area (Å²) >= 11 is 6.30. The molecule has 3 nitrogen and oxygen atoms in total. The van der Waals surface area contributed by atoms with Gasteiger partial charge in [-0.3, -0.25) is 0 Å². The van der Waals surface area contributed by atoms with Crippen molar-refractivity contribution >= 4 is 35.1 Å². The largest absolute Gasteiger partial charge is 0.467 e. The van der Waals surface area contributed by atoms with Gasteiger partial charge in [-0.25, -0.2) is 9.79 Å². The monoisotopic (exact) mass is 329 g/mol. The number of carbonyl (C=O) groups is 1. The predicted molar refractivity (Wildman–Crippen MR) is 91.4 cm³/mol. The molecule has 0 saturated heterocycles. The van der Waals surface area contributed by atoms with Crippen molar-refractivity contribution in [2.24, 2.45) is 4.99 Å². The van der Waals surface area contributed by atoms with Crippen molar-refractivity contribution < 1.29 is 9.53 Å². The fourth-order valence-corrected chi connectivity index (χ4v) is 3.01. The Morgan fingerprint density at radius 3 is 2.27 bits per heavy atom. The van der Waals surface area contributed by atoms with Gasteiger partial charge in [-0.15, -0.1) is 0 Å². The molecule has 112 valence electrons. The zero-order valence-electron chi connectivity index (χ0n) is 12.3. The summed E-state index contributed by atoms with van der Waals surface area (Å²) in [6.45, 7) is 1.66. The van der Waals surface area contributed by atoms with Gasteiger partial charge >= 0.3 is 5.97 Å². The first-order valence-electron chi connectivity index (χ1n) is 6.61. The Hall–Kier alpha value is -1.94. The zero-order valence-corrected chi connectivity index (χ0v) is 13.9. The summed E-state index contributed by atoms with van der Waals surface area (Å²) in [5, 5.41) is 2.28. The predicted octanol–water partition coefficient (Wildman–Crippen LogP) is 4.33. The van der Waals surface area contributed by atoms with Gasteiger partial charge < -0.3 is 4.74 Å². The number of thiocarbonyl (C=S) groups is 1. The molecule has 0 amide bonds. The van der Waals surface area contributed by atoms with Gasteiger partial charge in [0, 0.05) is 9.79 Å². The number of aliphatic imine (C=N–C) groups is 1. The number of esters is 1. The molecule has 0 fully saturated rings. The van der Waals surface area contributed by atoms with Crippen LogP contribution in [0.4, 0.5) is 0 Å². The maximum Gasteiger partial charge on any atom is 0.338 e. The Kier molecular flexibility index (Phi) is 5.50. The SMILES string of the molecule is COC(=O)C(C)(N=C=S)c1ccc(Sc2ccccc2)cc1. The van der Waals surface area contributed by atoms with E-state index < -0.39 is 11.5 Å². The molecule has 1 unspecified atom stereocenters. The standard InChI is InChI=1S/C17H15NO2S2/c1-17(18-12-21,16(19)20-2)13-8-10-15(11-9-13)22-14-6-4-3-5-7-14/h3-11H,1-2H3. The van der Waals surface area contributed by atoms with Gasteiger partial charge in [-0.1, -0.05) is 42.1 Å². The third-order valence-electron chi connectivity index (χ3n) is 3.25. The van der Waals surface area contributed by atoms with E-state index >= 15 is 0 Å². The minimum absolute atomic E-state index is 0.465. The summed E-state index contributed by atoms with van der Waals surface area (Å²) in [6, 6.07) is 17.7. The molecule has 2 aromatic carbocycles. The molecule has 0 bridgehead atoms. The summed E-state index contributed by atoms with van der Waals surface area (Å²) in [4.78, 5) is 18.2. The number of nitrogens with zero attached hydrogens (tertiary/aromatic N) is 1. The van der Waals surface area contributed by atoms with Gasteiger partial charge in [0.25, 0.3) is 0 Å². The third-order valence-corrected chi connectivity index (χ3v) is 4.35. The van der Waals surface area contributed by atoms with E-state index in [-0.39, 0.29) is 0 Å². The second-order valence-electron chi connectivity index (χ2n) is 4.71. The van der Waals surface area contributed by atoms with Crippen LogP contribution in [-0.4, -0.2) is 18.2 Å². The highest BCUT2D eigenvalue weighted by molar-refractivity contribution is 7.99. The van der Waals surface area contributed by atoms with Crippen LogP contribution in [0.1, 0.15) is 12.5 Å². The lowest BCUT2D eigenvalue weighted by atomic mass is 9.93. The number of methoxy groups -OCH3 is 1. The van der Waals surface area contributed by atoms with Gasteiger partial charge in [-0.2, -0.15) is 0 Å². The lowest BCUT2D eigenvalue weighted by molar-refractivity contribution is -0.146. The number of isothiocyanates is 1. The Balaban J connectivity index is 2.27. The number of hydrogen-bond donors (Lipinski definition) is 0. The topological polar surface area (TPSA) is 38.7 Å². The molecule has 0 aliphatic heterocycles. The average molecular weight is 329 g/mol. The molecule has 1 atom stereocenters. The van der Waals surface area contributed by atoms with E-state index in [9.17, 15) is 4.79 Å². The fourth-order valence-electron chi connectivity index (χ4n) is 1.99. The maximum absolute atomic E-state index is 12.0. The van der Waals surface area contributed by atoms with Crippen LogP contribution in [0.3, 0.4) is 0 Å². The van der Waals surface area contributed by atoms with E-state index in [0.717, 1.165) is 9.79 Å². The highest BCUT2D eigenvalue weighted by Crippen LogP contribution is 2.31. The van der Waals surface area contributed by atoms with Gasteiger partial charge in [-0.05, 0) is 49.0 Å². The van der Waals surface area contributed by atoms with Crippen LogP contribution in [0.5, 0.6) is 0 Å². The molecule has 0 spiro atoms. The second kappa shape index (κ2) is 7.36. The summed E-state index contributed by atoms with van der Waals surface area (Å²) < 4.78 is 4.82. The first kappa shape index (κ1) is 16.4. The van der Waals surface area contributed by atoms with Gasteiger partial charge in [0.15, 0.2) is 5.54 Å². The highest BCUT2D eigenvalue weighted by atomic mass is 32.2. The normalized spacial score (nSPS) is 12.8. The third kappa shape index (κ3) is 3.63. The maximum atomic E-state index is 12.0. The van der Waals surface area contributed by atoms with Crippen molar-refractivity contribution in [2.45, 2.75) is 22.3 Å². The van der Waals surface area contributed by atoms with Crippen molar-refractivity contribution in [3.8, 4) is 0 Å². The Morgan fingerprint density at radius 2 is 1.73 bits per heavy atom. The van der Waals surface area contributed by atoms with Crippen LogP contribution >= 0.6 is 24.0 Å². The van der Waals surface area contributed by atoms with Crippen LogP contribution in [0, 0.1) is 0 Å². The molecule has 0 aliphatic rings. The van der Waals surface area contributed by atoms with Crippen LogP contribution in [0.25, 0.3) is 0 Å². The Morgan fingerprint density at radius 1 is 1.14 bits per heavy atom. The van der Waals surface area contributed by atoms with Crippen molar-refractivity contribution in [3.63, 3.8) is 0 Å². The molecule has 2 aromatic rings. The minimum atomic E-state index is -1.16. The smallest absolute Gasteiger partial charge is 0.338 e. The van der Waals surface area contributed by atoms with Gasteiger partial charge in [0.2, 0.25) is 0 Å². The molecule has 2 rings (SSSR count). The van der Waals surface area contributed by atoms with Crippen molar-refractivity contribution in [1.29, 1.82) is 0 Å². The van der Waals surface area contributed by atoms with Crippen molar-refractivity contribution in [1.82, 2.24) is 0 Å². The van der Waals surface area contributed by atoms with Crippen molar-refractivity contribution in [3.05, 3.63) is 60.2 Å². The summed E-state index contributed by atoms with van der Waals surface area (Å²) in [6.07, 6.45) is 0. The highest BCUT2D eigenvalue weighted by Gasteiger charge is 2.36. The minimum Gasteiger partial charge on any atom is -0.467 e. The molecular weight excluding hydrogens is 314 g/mol. The molecular formula is C17H15NO2S2. The Bertz CT molecular complexity index is 694. The van der Waals surface area contributed by atoms with Gasteiger partial charge in [0.1, 0.15) is 0 Å². The van der Waals surface area contributed by atoms with Crippen LogP contribution in [-0.2, 0) is 15.1 Å². The molecule has 0 heterocycles. The molecule has 22 heavy (non-hydrogen) atoms. The summed E-state index contributed by atoms with van der Waals surface area (Å²) in [7, 11) is 1.33.